The second-order valence-electron chi connectivity index (χ2n) is 6.14. The Kier molecular flexibility index (Phi) is 6.92. The number of carbonyl (C=O) groups excluding carboxylic acids is 1. The largest absolute Gasteiger partial charge is 0.383 e. The minimum Gasteiger partial charge on any atom is -0.383 e. The standard InChI is InChI=1S/C17H28N4O2/c1-13-19-15(6-7-17(22)18-2)11-16(20-13)14-5-4-8-21(12-14)9-10-23-3/h11,14H,4-10,12H2,1-3H3,(H,18,22). The lowest BCUT2D eigenvalue weighted by atomic mass is 9.93. The van der Waals surface area contributed by atoms with Crippen molar-refractivity contribution in [3.05, 3.63) is 23.3 Å². The molecule has 0 aliphatic carbocycles. The molecule has 1 aromatic heterocycles. The van der Waals surface area contributed by atoms with Crippen LogP contribution in [-0.4, -0.2) is 61.2 Å². The fraction of sp³-hybridized carbons (Fsp3) is 0.706. The van der Waals surface area contributed by atoms with E-state index in [0.717, 1.165) is 49.9 Å². The monoisotopic (exact) mass is 320 g/mol. The van der Waals surface area contributed by atoms with E-state index in [-0.39, 0.29) is 5.91 Å². The van der Waals surface area contributed by atoms with Gasteiger partial charge in [-0.3, -0.25) is 4.79 Å². The van der Waals surface area contributed by atoms with Gasteiger partial charge in [0.1, 0.15) is 5.82 Å². The number of likely N-dealkylation sites (tertiary alicyclic amines) is 1. The summed E-state index contributed by atoms with van der Waals surface area (Å²) in [7, 11) is 3.41. The number of nitrogens with zero attached hydrogens (tertiary/aromatic N) is 3. The van der Waals surface area contributed by atoms with Crippen molar-refractivity contribution in [3.63, 3.8) is 0 Å². The molecule has 0 aromatic carbocycles. The third-order valence-corrected chi connectivity index (χ3v) is 4.33. The Labute approximate surface area is 138 Å². The Morgan fingerprint density at radius 2 is 2.30 bits per heavy atom. The normalized spacial score (nSPS) is 18.8. The van der Waals surface area contributed by atoms with E-state index in [1.807, 2.05) is 6.92 Å². The Balaban J connectivity index is 2.03. The minimum atomic E-state index is 0.0474. The van der Waals surface area contributed by atoms with Crippen LogP contribution in [0.25, 0.3) is 0 Å². The second kappa shape index (κ2) is 8.93. The Morgan fingerprint density at radius 1 is 1.48 bits per heavy atom. The maximum atomic E-state index is 11.4. The van der Waals surface area contributed by atoms with Crippen molar-refractivity contribution in [2.75, 3.05) is 40.4 Å². The average Bonchev–Trinajstić information content (AvgIpc) is 2.57. The SMILES string of the molecule is CNC(=O)CCc1cc(C2CCCN(CCOC)C2)nc(C)n1. The van der Waals surface area contributed by atoms with Gasteiger partial charge in [-0.25, -0.2) is 9.97 Å². The molecule has 1 aliphatic heterocycles. The van der Waals surface area contributed by atoms with E-state index in [1.165, 1.54) is 6.42 Å². The van der Waals surface area contributed by atoms with Crippen molar-refractivity contribution in [2.45, 2.75) is 38.5 Å². The van der Waals surface area contributed by atoms with Crippen LogP contribution in [0.1, 0.15) is 42.4 Å². The summed E-state index contributed by atoms with van der Waals surface area (Å²) in [6, 6.07) is 2.08. The third kappa shape index (κ3) is 5.55. The number of aryl methyl sites for hydroxylation is 2. The van der Waals surface area contributed by atoms with Crippen molar-refractivity contribution in [1.29, 1.82) is 0 Å². The van der Waals surface area contributed by atoms with Gasteiger partial charge in [0.25, 0.3) is 0 Å². The minimum absolute atomic E-state index is 0.0474. The van der Waals surface area contributed by atoms with Crippen LogP contribution in [0.4, 0.5) is 0 Å². The van der Waals surface area contributed by atoms with E-state index in [1.54, 1.807) is 14.2 Å². The average molecular weight is 320 g/mol. The zero-order valence-corrected chi connectivity index (χ0v) is 14.5. The Bertz CT molecular complexity index is 521. The van der Waals surface area contributed by atoms with Crippen LogP contribution in [0.15, 0.2) is 6.07 Å². The number of aromatic nitrogens is 2. The molecule has 2 heterocycles. The number of amides is 1. The smallest absolute Gasteiger partial charge is 0.220 e. The fourth-order valence-corrected chi connectivity index (χ4v) is 3.08. The lowest BCUT2D eigenvalue weighted by molar-refractivity contribution is -0.120. The van der Waals surface area contributed by atoms with Crippen molar-refractivity contribution >= 4 is 5.91 Å². The highest BCUT2D eigenvalue weighted by molar-refractivity contribution is 5.75. The van der Waals surface area contributed by atoms with Gasteiger partial charge in [-0.15, -0.1) is 0 Å². The van der Waals surface area contributed by atoms with E-state index in [4.69, 9.17) is 4.74 Å². The first-order valence-electron chi connectivity index (χ1n) is 8.38. The molecule has 6 nitrogen and oxygen atoms in total. The first-order valence-corrected chi connectivity index (χ1v) is 8.38. The van der Waals surface area contributed by atoms with Gasteiger partial charge >= 0.3 is 0 Å². The van der Waals surface area contributed by atoms with Crippen LogP contribution < -0.4 is 5.32 Å². The highest BCUT2D eigenvalue weighted by Crippen LogP contribution is 2.26. The topological polar surface area (TPSA) is 67.4 Å². The van der Waals surface area contributed by atoms with Gasteiger partial charge in [0.15, 0.2) is 0 Å². The summed E-state index contributed by atoms with van der Waals surface area (Å²) in [6.07, 6.45) is 3.48. The third-order valence-electron chi connectivity index (χ3n) is 4.33. The van der Waals surface area contributed by atoms with Crippen LogP contribution >= 0.6 is 0 Å². The molecule has 128 valence electrons. The maximum absolute atomic E-state index is 11.4. The second-order valence-corrected chi connectivity index (χ2v) is 6.14. The summed E-state index contributed by atoms with van der Waals surface area (Å²) in [5.41, 5.74) is 2.08. The van der Waals surface area contributed by atoms with Gasteiger partial charge in [0.05, 0.1) is 6.61 Å². The van der Waals surface area contributed by atoms with Gasteiger partial charge < -0.3 is 15.0 Å². The first-order chi connectivity index (χ1) is 11.1. The van der Waals surface area contributed by atoms with Crippen LogP contribution in [0.5, 0.6) is 0 Å². The predicted molar refractivity (Wildman–Crippen MR) is 89.4 cm³/mol. The van der Waals surface area contributed by atoms with E-state index in [2.05, 4.69) is 26.3 Å². The molecule has 6 heteroatoms. The molecule has 1 saturated heterocycles. The van der Waals surface area contributed by atoms with E-state index in [9.17, 15) is 4.79 Å². The number of ether oxygens (including phenoxy) is 1. The molecule has 23 heavy (non-hydrogen) atoms. The molecule has 1 N–H and O–H groups in total. The molecule has 0 bridgehead atoms. The van der Waals surface area contributed by atoms with Gasteiger partial charge in [-0.2, -0.15) is 0 Å². The number of methoxy groups -OCH3 is 1. The van der Waals surface area contributed by atoms with Crippen LogP contribution in [0, 0.1) is 6.92 Å². The molecule has 1 amide bonds. The number of rotatable bonds is 7. The number of piperidine rings is 1. The van der Waals surface area contributed by atoms with E-state index >= 15 is 0 Å². The van der Waals surface area contributed by atoms with Crippen LogP contribution in [0.2, 0.25) is 0 Å². The lowest BCUT2D eigenvalue weighted by Crippen LogP contribution is -2.36. The zero-order chi connectivity index (χ0) is 16.7. The van der Waals surface area contributed by atoms with Crippen molar-refractivity contribution in [1.82, 2.24) is 20.2 Å². The highest BCUT2D eigenvalue weighted by atomic mass is 16.5. The van der Waals surface area contributed by atoms with Crippen molar-refractivity contribution < 1.29 is 9.53 Å². The van der Waals surface area contributed by atoms with Crippen LogP contribution in [-0.2, 0) is 16.0 Å². The Morgan fingerprint density at radius 3 is 3.04 bits per heavy atom. The van der Waals surface area contributed by atoms with Gasteiger partial charge in [-0.05, 0) is 38.8 Å². The molecule has 1 fully saturated rings. The number of nitrogens with one attached hydrogen (secondary N) is 1. The summed E-state index contributed by atoms with van der Waals surface area (Å²) in [5.74, 6) is 1.29. The molecule has 1 aromatic rings. The molecule has 1 aliphatic rings. The lowest BCUT2D eigenvalue weighted by Gasteiger charge is -2.32. The van der Waals surface area contributed by atoms with Gasteiger partial charge in [0.2, 0.25) is 5.91 Å². The Hall–Kier alpha value is -1.53. The van der Waals surface area contributed by atoms with Gasteiger partial charge in [-0.1, -0.05) is 0 Å². The van der Waals surface area contributed by atoms with Crippen molar-refractivity contribution in [2.24, 2.45) is 0 Å². The summed E-state index contributed by atoms with van der Waals surface area (Å²) in [6.45, 7) is 5.83. The summed E-state index contributed by atoms with van der Waals surface area (Å²) in [5, 5.41) is 2.65. The summed E-state index contributed by atoms with van der Waals surface area (Å²) < 4.78 is 5.18. The summed E-state index contributed by atoms with van der Waals surface area (Å²) in [4.78, 5) is 23.0. The highest BCUT2D eigenvalue weighted by Gasteiger charge is 2.23. The zero-order valence-electron chi connectivity index (χ0n) is 14.5. The van der Waals surface area contributed by atoms with Gasteiger partial charge in [0, 0.05) is 51.0 Å². The van der Waals surface area contributed by atoms with E-state index < -0.39 is 0 Å². The summed E-state index contributed by atoms with van der Waals surface area (Å²) >= 11 is 0. The molecule has 1 atom stereocenters. The van der Waals surface area contributed by atoms with E-state index in [0.29, 0.717) is 18.8 Å². The molecule has 2 rings (SSSR count). The number of carbonyl (C=O) groups is 1. The number of hydrogen-bond acceptors (Lipinski definition) is 5. The maximum Gasteiger partial charge on any atom is 0.220 e. The molecule has 0 radical (unpaired) electrons. The quantitative estimate of drug-likeness (QED) is 0.820. The van der Waals surface area contributed by atoms with Crippen LogP contribution in [0.3, 0.4) is 0 Å². The molecule has 0 saturated carbocycles. The number of hydrogen-bond donors (Lipinski definition) is 1. The molecular formula is C17H28N4O2. The fourth-order valence-electron chi connectivity index (χ4n) is 3.08. The first kappa shape index (κ1) is 17.8. The molecule has 1 unspecified atom stereocenters. The predicted octanol–water partition coefficient (Wildman–Crippen LogP) is 1.29. The van der Waals surface area contributed by atoms with Crippen molar-refractivity contribution in [3.8, 4) is 0 Å². The molecular weight excluding hydrogens is 292 g/mol. The molecule has 0 spiro atoms.